The van der Waals surface area contributed by atoms with Gasteiger partial charge in [-0.2, -0.15) is 5.10 Å². The molecule has 0 aliphatic carbocycles. The summed E-state index contributed by atoms with van der Waals surface area (Å²) in [7, 11) is -2.24. The Bertz CT molecular complexity index is 1220. The average Bonchev–Trinajstić information content (AvgIpc) is 3.33. The summed E-state index contributed by atoms with van der Waals surface area (Å²) in [6, 6.07) is 8.12. The molecule has 10 heteroatoms. The van der Waals surface area contributed by atoms with Gasteiger partial charge in [0.15, 0.2) is 5.82 Å². The van der Waals surface area contributed by atoms with Crippen LogP contribution in [0.2, 0.25) is 0 Å². The molecule has 4 heterocycles. The van der Waals surface area contributed by atoms with Crippen molar-refractivity contribution >= 4 is 24.3 Å². The second kappa shape index (κ2) is 7.60. The van der Waals surface area contributed by atoms with E-state index in [1.165, 1.54) is 0 Å². The Labute approximate surface area is 167 Å². The molecular weight excluding hydrogens is 387 g/mol. The molecule has 0 aliphatic rings. The summed E-state index contributed by atoms with van der Waals surface area (Å²) in [5.41, 5.74) is 10.9. The smallest absolute Gasteiger partial charge is 0.216 e. The maximum atomic E-state index is 12.0. The molecule has 2 N–H and O–H groups in total. The number of fused-ring (bicyclic) bond motifs is 1. The van der Waals surface area contributed by atoms with Gasteiger partial charge < -0.3 is 14.3 Å². The van der Waals surface area contributed by atoms with Crippen molar-refractivity contribution in [2.75, 3.05) is 18.6 Å². The molecule has 0 spiro atoms. The van der Waals surface area contributed by atoms with Crippen LogP contribution in [0.15, 0.2) is 60.4 Å². The molecule has 0 fully saturated rings. The summed E-state index contributed by atoms with van der Waals surface area (Å²) >= 11 is 0. The highest BCUT2D eigenvalue weighted by atomic mass is 31.2. The fraction of sp³-hybridized carbons (Fsp3) is 0.211. The summed E-state index contributed by atoms with van der Waals surface area (Å²) in [6.07, 6.45) is 9.42. The molecule has 0 unspecified atom stereocenters. The summed E-state index contributed by atoms with van der Waals surface area (Å²) < 4.78 is 15.7. The van der Waals surface area contributed by atoms with E-state index in [4.69, 9.17) is 5.53 Å². The SMILES string of the molecule is CP(C)(=O)Cn1cc(-c2cnc(N=N)c(NCc3ccc4cccn4c3)n2)cn1. The van der Waals surface area contributed by atoms with Crippen molar-refractivity contribution in [2.24, 2.45) is 5.11 Å². The Kier molecular flexibility index (Phi) is 4.98. The van der Waals surface area contributed by atoms with Crippen LogP contribution < -0.4 is 5.32 Å². The third-order valence-corrected chi connectivity index (χ3v) is 5.29. The molecule has 4 aromatic heterocycles. The van der Waals surface area contributed by atoms with Crippen LogP contribution in [0.1, 0.15) is 5.56 Å². The average molecular weight is 408 g/mol. The van der Waals surface area contributed by atoms with Crippen LogP contribution >= 0.6 is 7.14 Å². The molecule has 0 aliphatic heterocycles. The van der Waals surface area contributed by atoms with Gasteiger partial charge in [-0.15, -0.1) is 5.11 Å². The number of hydrogen-bond acceptors (Lipinski definition) is 7. The van der Waals surface area contributed by atoms with E-state index in [0.29, 0.717) is 24.3 Å². The molecular formula is C19H21N8OP. The zero-order valence-electron chi connectivity index (χ0n) is 16.1. The van der Waals surface area contributed by atoms with Crippen LogP contribution in [0.4, 0.5) is 11.6 Å². The van der Waals surface area contributed by atoms with Crippen LogP contribution in [0, 0.1) is 5.53 Å². The van der Waals surface area contributed by atoms with Gasteiger partial charge in [0.05, 0.1) is 24.4 Å². The van der Waals surface area contributed by atoms with Crippen molar-refractivity contribution < 1.29 is 4.57 Å². The summed E-state index contributed by atoms with van der Waals surface area (Å²) in [5.74, 6) is 0.643. The van der Waals surface area contributed by atoms with Gasteiger partial charge in [-0.1, -0.05) is 6.07 Å². The van der Waals surface area contributed by atoms with E-state index in [-0.39, 0.29) is 5.82 Å². The van der Waals surface area contributed by atoms with Gasteiger partial charge in [-0.3, -0.25) is 4.68 Å². The van der Waals surface area contributed by atoms with Crippen molar-refractivity contribution in [2.45, 2.75) is 12.8 Å². The normalized spacial score (nSPS) is 11.7. The minimum absolute atomic E-state index is 0.217. The van der Waals surface area contributed by atoms with E-state index < -0.39 is 7.14 Å². The Morgan fingerprint density at radius 1 is 1.21 bits per heavy atom. The number of hydrogen-bond donors (Lipinski definition) is 2. The Morgan fingerprint density at radius 3 is 2.86 bits per heavy atom. The minimum Gasteiger partial charge on any atom is -0.363 e. The minimum atomic E-state index is -2.24. The van der Waals surface area contributed by atoms with Gasteiger partial charge in [0, 0.05) is 36.2 Å². The first-order valence-corrected chi connectivity index (χ1v) is 11.8. The largest absolute Gasteiger partial charge is 0.363 e. The van der Waals surface area contributed by atoms with E-state index in [9.17, 15) is 4.57 Å². The van der Waals surface area contributed by atoms with Gasteiger partial charge in [0.25, 0.3) is 0 Å². The van der Waals surface area contributed by atoms with Crippen LogP contribution in [-0.2, 0) is 17.4 Å². The molecule has 4 rings (SSSR count). The summed E-state index contributed by atoms with van der Waals surface area (Å²) in [6.45, 7) is 3.97. The quantitative estimate of drug-likeness (QED) is 0.346. The van der Waals surface area contributed by atoms with Gasteiger partial charge in [-0.05, 0) is 37.1 Å². The number of pyridine rings is 1. The van der Waals surface area contributed by atoms with Gasteiger partial charge in [0.1, 0.15) is 7.14 Å². The Morgan fingerprint density at radius 2 is 2.07 bits per heavy atom. The van der Waals surface area contributed by atoms with Crippen LogP contribution in [-0.4, -0.2) is 37.5 Å². The Balaban J connectivity index is 1.56. The number of nitrogens with zero attached hydrogens (tertiary/aromatic N) is 6. The lowest BCUT2D eigenvalue weighted by Crippen LogP contribution is -2.04. The van der Waals surface area contributed by atoms with Crippen molar-refractivity contribution in [1.82, 2.24) is 24.1 Å². The first-order valence-electron chi connectivity index (χ1n) is 9.02. The molecule has 0 bridgehead atoms. The van der Waals surface area contributed by atoms with Gasteiger partial charge in [-0.25, -0.2) is 15.5 Å². The number of rotatable bonds is 7. The van der Waals surface area contributed by atoms with E-state index in [1.54, 1.807) is 36.6 Å². The highest BCUT2D eigenvalue weighted by Gasteiger charge is 2.13. The van der Waals surface area contributed by atoms with Crippen LogP contribution in [0.3, 0.4) is 0 Å². The van der Waals surface area contributed by atoms with E-state index in [0.717, 1.165) is 16.6 Å². The molecule has 9 nitrogen and oxygen atoms in total. The molecule has 0 amide bonds. The van der Waals surface area contributed by atoms with E-state index in [1.807, 2.05) is 41.1 Å². The molecule has 0 aromatic carbocycles. The molecule has 0 saturated carbocycles. The predicted molar refractivity (Wildman–Crippen MR) is 112 cm³/mol. The lowest BCUT2D eigenvalue weighted by Gasteiger charge is -2.09. The van der Waals surface area contributed by atoms with Crippen molar-refractivity contribution in [3.63, 3.8) is 0 Å². The van der Waals surface area contributed by atoms with Crippen LogP contribution in [0.25, 0.3) is 16.8 Å². The summed E-state index contributed by atoms with van der Waals surface area (Å²) in [5, 5.41) is 10.9. The molecule has 0 saturated heterocycles. The highest BCUT2D eigenvalue weighted by Crippen LogP contribution is 2.38. The second-order valence-corrected chi connectivity index (χ2v) is 10.7. The maximum Gasteiger partial charge on any atom is 0.216 e. The van der Waals surface area contributed by atoms with Crippen molar-refractivity contribution in [3.05, 3.63) is 60.8 Å². The third kappa shape index (κ3) is 4.41. The van der Waals surface area contributed by atoms with E-state index >= 15 is 0 Å². The zero-order chi connectivity index (χ0) is 20.4. The maximum absolute atomic E-state index is 12.0. The second-order valence-electron chi connectivity index (χ2n) is 7.25. The fourth-order valence-electron chi connectivity index (χ4n) is 3.01. The number of nitrogens with one attached hydrogen (secondary N) is 2. The lowest BCUT2D eigenvalue weighted by atomic mass is 10.2. The predicted octanol–water partition coefficient (Wildman–Crippen LogP) is 4.45. The topological polar surface area (TPSA) is 113 Å². The third-order valence-electron chi connectivity index (χ3n) is 4.32. The first-order chi connectivity index (χ1) is 13.9. The molecule has 0 atom stereocenters. The molecule has 4 aromatic rings. The zero-order valence-corrected chi connectivity index (χ0v) is 17.0. The number of aromatic nitrogens is 5. The van der Waals surface area contributed by atoms with Crippen molar-refractivity contribution in [1.29, 1.82) is 5.53 Å². The van der Waals surface area contributed by atoms with Gasteiger partial charge in [0.2, 0.25) is 5.82 Å². The number of anilines is 1. The monoisotopic (exact) mass is 408 g/mol. The van der Waals surface area contributed by atoms with E-state index in [2.05, 4.69) is 25.5 Å². The summed E-state index contributed by atoms with van der Waals surface area (Å²) in [4.78, 5) is 8.81. The first kappa shape index (κ1) is 19.0. The Hall–Kier alpha value is -3.32. The van der Waals surface area contributed by atoms with Gasteiger partial charge >= 0.3 is 0 Å². The molecule has 29 heavy (non-hydrogen) atoms. The standard InChI is InChI=1S/C19H21N8OP/c1-29(2,28)13-27-12-15(9-23-27)17-10-22-19(25-20)18(24-17)21-8-14-5-6-16-4-3-7-26(16)11-14/h3-7,9-12,20H,8,13H2,1-2H3,(H,21,24). The molecule has 148 valence electrons. The van der Waals surface area contributed by atoms with Crippen molar-refractivity contribution in [3.8, 4) is 11.3 Å². The fourth-order valence-corrected chi connectivity index (χ4v) is 3.87. The lowest BCUT2D eigenvalue weighted by molar-refractivity contribution is 0.569. The van der Waals surface area contributed by atoms with Crippen LogP contribution in [0.5, 0.6) is 0 Å². The highest BCUT2D eigenvalue weighted by molar-refractivity contribution is 7.61. The molecule has 0 radical (unpaired) electrons.